The zero-order valence-electron chi connectivity index (χ0n) is 7.48. The summed E-state index contributed by atoms with van der Waals surface area (Å²) < 4.78 is 0. The van der Waals surface area contributed by atoms with Gasteiger partial charge in [-0.25, -0.2) is 0 Å². The van der Waals surface area contributed by atoms with Crippen molar-refractivity contribution in [1.82, 2.24) is 0 Å². The number of hydrogen-bond acceptors (Lipinski definition) is 4. The maximum absolute atomic E-state index is 9.53. The number of nitriles is 1. The van der Waals surface area contributed by atoms with Crippen molar-refractivity contribution in [2.75, 3.05) is 5.73 Å². The van der Waals surface area contributed by atoms with Crippen LogP contribution < -0.4 is 5.73 Å². The number of benzene rings is 1. The molecule has 4 nitrogen and oxygen atoms in total. The number of halogens is 2. The summed E-state index contributed by atoms with van der Waals surface area (Å²) in [5, 5.41) is 27.4. The molecule has 0 radical (unpaired) electrons. The van der Waals surface area contributed by atoms with Crippen molar-refractivity contribution in [1.29, 1.82) is 5.26 Å². The van der Waals surface area contributed by atoms with E-state index in [2.05, 4.69) is 0 Å². The van der Waals surface area contributed by atoms with Crippen molar-refractivity contribution in [2.45, 2.75) is 12.2 Å². The molecule has 2 unspecified atom stereocenters. The summed E-state index contributed by atoms with van der Waals surface area (Å²) in [5.41, 5.74) is 5.91. The minimum Gasteiger partial charge on any atom is -0.397 e. The highest BCUT2D eigenvalue weighted by molar-refractivity contribution is 6.35. The lowest BCUT2D eigenvalue weighted by atomic mass is 10.0. The molecule has 2 atom stereocenters. The Hall–Kier alpha value is -0.990. The van der Waals surface area contributed by atoms with Gasteiger partial charge in [-0.2, -0.15) is 5.26 Å². The summed E-state index contributed by atoms with van der Waals surface area (Å²) >= 11 is 11.5. The highest BCUT2D eigenvalue weighted by Crippen LogP contribution is 2.32. The number of nitrogens with two attached hydrogens (primary N) is 1. The topological polar surface area (TPSA) is 90.3 Å². The second kappa shape index (κ2) is 4.69. The second-order valence-corrected chi connectivity index (χ2v) is 3.73. The standard InChI is InChI=1S/C9H8Cl2N2O2/c10-5-2-7(13)6(11)1-4(5)9(15)8(14)3-12/h1-2,8-9,14-15H,13H2. The van der Waals surface area contributed by atoms with Crippen LogP contribution in [0.1, 0.15) is 11.7 Å². The van der Waals surface area contributed by atoms with Crippen LogP contribution in [0.4, 0.5) is 5.69 Å². The highest BCUT2D eigenvalue weighted by atomic mass is 35.5. The Balaban J connectivity index is 3.16. The minimum absolute atomic E-state index is 0.152. The van der Waals surface area contributed by atoms with Gasteiger partial charge in [0.1, 0.15) is 6.10 Å². The van der Waals surface area contributed by atoms with Gasteiger partial charge >= 0.3 is 0 Å². The summed E-state index contributed by atoms with van der Waals surface area (Å²) in [4.78, 5) is 0. The third-order valence-electron chi connectivity index (χ3n) is 1.87. The molecule has 1 rings (SSSR count). The Labute approximate surface area is 96.5 Å². The molecule has 0 saturated heterocycles. The maximum Gasteiger partial charge on any atom is 0.170 e. The van der Waals surface area contributed by atoms with Gasteiger partial charge in [0.2, 0.25) is 0 Å². The molecule has 0 aliphatic carbocycles. The first-order chi connectivity index (χ1) is 6.97. The van der Waals surface area contributed by atoms with E-state index in [-0.39, 0.29) is 21.3 Å². The third kappa shape index (κ3) is 2.52. The molecule has 0 aromatic heterocycles. The predicted octanol–water partition coefficient (Wildman–Crippen LogP) is 1.49. The van der Waals surface area contributed by atoms with E-state index in [1.54, 1.807) is 0 Å². The smallest absolute Gasteiger partial charge is 0.170 e. The molecule has 1 aromatic rings. The van der Waals surface area contributed by atoms with E-state index in [1.165, 1.54) is 18.2 Å². The number of anilines is 1. The van der Waals surface area contributed by atoms with Gasteiger partial charge in [0.25, 0.3) is 0 Å². The Morgan fingerprint density at radius 2 is 1.87 bits per heavy atom. The van der Waals surface area contributed by atoms with E-state index in [4.69, 9.17) is 39.3 Å². The van der Waals surface area contributed by atoms with E-state index in [9.17, 15) is 5.11 Å². The fraction of sp³-hybridized carbons (Fsp3) is 0.222. The van der Waals surface area contributed by atoms with Gasteiger partial charge in [0.15, 0.2) is 6.10 Å². The molecule has 0 bridgehead atoms. The Morgan fingerprint density at radius 1 is 1.27 bits per heavy atom. The monoisotopic (exact) mass is 246 g/mol. The van der Waals surface area contributed by atoms with Crippen LogP contribution >= 0.6 is 23.2 Å². The zero-order chi connectivity index (χ0) is 11.6. The van der Waals surface area contributed by atoms with Crippen LogP contribution in [0.3, 0.4) is 0 Å². The average molecular weight is 247 g/mol. The first-order valence-electron chi connectivity index (χ1n) is 3.97. The summed E-state index contributed by atoms with van der Waals surface area (Å²) in [6.45, 7) is 0. The number of hydrogen-bond donors (Lipinski definition) is 3. The van der Waals surface area contributed by atoms with Gasteiger partial charge in [-0.1, -0.05) is 23.2 Å². The summed E-state index contributed by atoms with van der Waals surface area (Å²) in [6.07, 6.45) is -2.96. The van der Waals surface area contributed by atoms with E-state index >= 15 is 0 Å². The summed E-state index contributed by atoms with van der Waals surface area (Å²) in [5.74, 6) is 0. The van der Waals surface area contributed by atoms with Crippen molar-refractivity contribution >= 4 is 28.9 Å². The zero-order valence-corrected chi connectivity index (χ0v) is 9.00. The molecule has 6 heteroatoms. The normalized spacial score (nSPS) is 14.3. The van der Waals surface area contributed by atoms with Gasteiger partial charge in [0, 0.05) is 10.6 Å². The van der Waals surface area contributed by atoms with Crippen LogP contribution in [0.15, 0.2) is 12.1 Å². The Kier molecular flexibility index (Phi) is 3.77. The quantitative estimate of drug-likeness (QED) is 0.545. The van der Waals surface area contributed by atoms with Crippen LogP contribution in [-0.2, 0) is 0 Å². The van der Waals surface area contributed by atoms with Crippen LogP contribution in [0.2, 0.25) is 10.0 Å². The molecule has 0 amide bonds. The van der Waals surface area contributed by atoms with E-state index < -0.39 is 12.2 Å². The van der Waals surface area contributed by atoms with Gasteiger partial charge in [0.05, 0.1) is 16.8 Å². The number of nitrogens with zero attached hydrogens (tertiary/aromatic N) is 1. The summed E-state index contributed by atoms with van der Waals surface area (Å²) in [7, 11) is 0. The first-order valence-corrected chi connectivity index (χ1v) is 4.73. The Morgan fingerprint density at radius 3 is 2.40 bits per heavy atom. The third-order valence-corrected chi connectivity index (χ3v) is 2.52. The first kappa shape index (κ1) is 12.1. The molecule has 1 aromatic carbocycles. The van der Waals surface area contributed by atoms with Crippen molar-refractivity contribution in [3.8, 4) is 6.07 Å². The number of rotatable bonds is 2. The van der Waals surface area contributed by atoms with E-state index in [0.29, 0.717) is 0 Å². The largest absolute Gasteiger partial charge is 0.397 e. The summed E-state index contributed by atoms with van der Waals surface area (Å²) in [6, 6.07) is 4.17. The second-order valence-electron chi connectivity index (χ2n) is 2.91. The molecule has 80 valence electrons. The molecule has 0 saturated carbocycles. The lowest BCUT2D eigenvalue weighted by molar-refractivity contribution is 0.0529. The molecular weight excluding hydrogens is 239 g/mol. The van der Waals surface area contributed by atoms with Crippen molar-refractivity contribution in [3.63, 3.8) is 0 Å². The van der Waals surface area contributed by atoms with Gasteiger partial charge in [-0.05, 0) is 12.1 Å². The highest BCUT2D eigenvalue weighted by Gasteiger charge is 2.21. The van der Waals surface area contributed by atoms with Gasteiger partial charge < -0.3 is 15.9 Å². The van der Waals surface area contributed by atoms with Gasteiger partial charge in [-0.3, -0.25) is 0 Å². The number of aliphatic hydroxyl groups is 2. The minimum atomic E-state index is -1.55. The van der Waals surface area contributed by atoms with Crippen molar-refractivity contribution in [3.05, 3.63) is 27.7 Å². The van der Waals surface area contributed by atoms with Crippen molar-refractivity contribution in [2.24, 2.45) is 0 Å². The molecular formula is C9H8Cl2N2O2. The average Bonchev–Trinajstić information content (AvgIpc) is 2.21. The molecule has 0 fully saturated rings. The van der Waals surface area contributed by atoms with E-state index in [1.807, 2.05) is 0 Å². The molecule has 0 aliphatic heterocycles. The fourth-order valence-corrected chi connectivity index (χ4v) is 1.50. The van der Waals surface area contributed by atoms with Crippen LogP contribution in [0.5, 0.6) is 0 Å². The SMILES string of the molecule is N#CC(O)C(O)c1cc(Cl)c(N)cc1Cl. The molecule has 0 spiro atoms. The fourth-order valence-electron chi connectivity index (χ4n) is 1.04. The molecule has 0 heterocycles. The molecule has 4 N–H and O–H groups in total. The lowest BCUT2D eigenvalue weighted by Gasteiger charge is -2.14. The Bertz CT molecular complexity index is 417. The maximum atomic E-state index is 9.53. The van der Waals surface area contributed by atoms with Crippen LogP contribution in [-0.4, -0.2) is 16.3 Å². The predicted molar refractivity (Wildman–Crippen MR) is 57.5 cm³/mol. The van der Waals surface area contributed by atoms with Crippen LogP contribution in [0.25, 0.3) is 0 Å². The number of aliphatic hydroxyl groups excluding tert-OH is 2. The van der Waals surface area contributed by atoms with Crippen molar-refractivity contribution < 1.29 is 10.2 Å². The lowest BCUT2D eigenvalue weighted by Crippen LogP contribution is -2.16. The number of nitrogen functional groups attached to an aromatic ring is 1. The van der Waals surface area contributed by atoms with Gasteiger partial charge in [-0.15, -0.1) is 0 Å². The molecule has 0 aliphatic rings. The van der Waals surface area contributed by atoms with E-state index in [0.717, 1.165) is 0 Å². The van der Waals surface area contributed by atoms with Crippen LogP contribution in [0, 0.1) is 11.3 Å². The molecule has 15 heavy (non-hydrogen) atoms.